The van der Waals surface area contributed by atoms with Gasteiger partial charge in [0.15, 0.2) is 5.69 Å². The molecule has 4 rings (SSSR count). The zero-order chi connectivity index (χ0) is 31.9. The molecule has 15 heteroatoms. The Morgan fingerprint density at radius 2 is 1.84 bits per heavy atom. The molecule has 234 valence electrons. The molecule has 0 spiro atoms. The van der Waals surface area contributed by atoms with E-state index >= 15 is 0 Å². The van der Waals surface area contributed by atoms with Crippen LogP contribution in [0.3, 0.4) is 0 Å². The van der Waals surface area contributed by atoms with Gasteiger partial charge in [-0.2, -0.15) is 13.2 Å². The molecular weight excluding hydrogens is 585 g/mol. The van der Waals surface area contributed by atoms with E-state index in [0.717, 1.165) is 24.1 Å². The number of oxazole rings is 1. The first-order valence-electron chi connectivity index (χ1n) is 13.8. The lowest BCUT2D eigenvalue weighted by Gasteiger charge is -2.23. The molecule has 44 heavy (non-hydrogen) atoms. The van der Waals surface area contributed by atoms with E-state index in [0.29, 0.717) is 18.9 Å². The average Bonchev–Trinajstić information content (AvgIpc) is 3.48. The van der Waals surface area contributed by atoms with E-state index in [9.17, 15) is 37.5 Å². The quantitative estimate of drug-likeness (QED) is 0.290. The van der Waals surface area contributed by atoms with Gasteiger partial charge in [0.05, 0.1) is 11.7 Å². The summed E-state index contributed by atoms with van der Waals surface area (Å²) >= 11 is 0. The molecule has 4 atom stereocenters. The van der Waals surface area contributed by atoms with Crippen LogP contribution in [0.2, 0.25) is 0 Å². The first-order chi connectivity index (χ1) is 20.9. The van der Waals surface area contributed by atoms with E-state index < -0.39 is 59.7 Å². The van der Waals surface area contributed by atoms with Crippen LogP contribution in [0.25, 0.3) is 0 Å². The highest BCUT2D eigenvalue weighted by Crippen LogP contribution is 2.27. The van der Waals surface area contributed by atoms with Crippen LogP contribution >= 0.6 is 0 Å². The number of nitrogens with zero attached hydrogens (tertiary/aromatic N) is 2. The molecule has 0 aliphatic carbocycles. The summed E-state index contributed by atoms with van der Waals surface area (Å²) < 4.78 is 44.3. The Hall–Kier alpha value is -4.79. The monoisotopic (exact) mass is 616 g/mol. The van der Waals surface area contributed by atoms with E-state index in [-0.39, 0.29) is 36.5 Å². The molecule has 3 heterocycles. The summed E-state index contributed by atoms with van der Waals surface area (Å²) in [5.41, 5.74) is -0.756. The third-order valence-electron chi connectivity index (χ3n) is 6.86. The molecule has 0 saturated carbocycles. The van der Waals surface area contributed by atoms with Crippen LogP contribution in [0.4, 0.5) is 13.2 Å². The number of alkyl halides is 3. The number of carbonyl (C=O) groups is 4. The van der Waals surface area contributed by atoms with Gasteiger partial charge in [0.1, 0.15) is 30.1 Å². The predicted octanol–water partition coefficient (Wildman–Crippen LogP) is 2.07. The molecule has 2 bridgehead atoms. The lowest BCUT2D eigenvalue weighted by molar-refractivity contribution is -0.141. The SMILES string of the molecule is C[C@@H](O)[C@@H]1NC(=O)c2coc(n2)[C@H](Cc2ccccc2)NC(=O)[C@@H](NC(=O)c2ccc(C(F)(F)F)nc2)CCCCNC1=O. The second kappa shape index (κ2) is 14.1. The first kappa shape index (κ1) is 32.1. The molecule has 1 aliphatic heterocycles. The largest absolute Gasteiger partial charge is 0.446 e. The van der Waals surface area contributed by atoms with Crippen molar-refractivity contribution in [2.45, 2.75) is 63.0 Å². The maximum Gasteiger partial charge on any atom is 0.433 e. The fourth-order valence-electron chi connectivity index (χ4n) is 4.50. The highest BCUT2D eigenvalue weighted by atomic mass is 19.4. The van der Waals surface area contributed by atoms with Crippen LogP contribution in [0.15, 0.2) is 59.3 Å². The lowest BCUT2D eigenvalue weighted by Crippen LogP contribution is -2.52. The molecule has 0 unspecified atom stereocenters. The van der Waals surface area contributed by atoms with Crippen molar-refractivity contribution in [3.63, 3.8) is 0 Å². The number of pyridine rings is 1. The molecule has 1 aromatic carbocycles. The van der Waals surface area contributed by atoms with Gasteiger partial charge in [-0.15, -0.1) is 0 Å². The van der Waals surface area contributed by atoms with Crippen LogP contribution in [0, 0.1) is 0 Å². The van der Waals surface area contributed by atoms with Gasteiger partial charge in [-0.05, 0) is 43.9 Å². The Kier molecular flexibility index (Phi) is 10.3. The standard InChI is InChI=1S/C29H31F3N6O6/c1-16(39)23-27(43)33-12-6-5-9-19(35-24(40)18-10-11-22(34-14-18)29(30,31)32)25(41)36-20(13-17-7-3-2-4-8-17)28-37-21(15-44-28)26(42)38-23/h2-4,7-8,10-11,14-16,19-20,23,39H,5-6,9,12-13H2,1H3,(H,33,43)(H,35,40)(H,36,41)(H,38,42)/t16-,19+,20+,23+/m1/s1. The van der Waals surface area contributed by atoms with Crippen molar-refractivity contribution in [3.05, 3.63) is 83.3 Å². The lowest BCUT2D eigenvalue weighted by atomic mass is 10.0. The predicted molar refractivity (Wildman–Crippen MR) is 148 cm³/mol. The summed E-state index contributed by atoms with van der Waals surface area (Å²) in [7, 11) is 0. The Balaban J connectivity index is 1.62. The van der Waals surface area contributed by atoms with Crippen LogP contribution in [0.5, 0.6) is 0 Å². The highest BCUT2D eigenvalue weighted by Gasteiger charge is 2.33. The van der Waals surface area contributed by atoms with Gasteiger partial charge in [0.25, 0.3) is 11.8 Å². The topological polar surface area (TPSA) is 176 Å². The van der Waals surface area contributed by atoms with Crippen LogP contribution in [0.1, 0.15) is 70.2 Å². The summed E-state index contributed by atoms with van der Waals surface area (Å²) in [5, 5.41) is 20.5. The van der Waals surface area contributed by atoms with Crippen molar-refractivity contribution in [2.75, 3.05) is 6.54 Å². The molecule has 1 aliphatic rings. The number of amides is 4. The average molecular weight is 617 g/mol. The number of hydrogen-bond donors (Lipinski definition) is 5. The third-order valence-corrected chi connectivity index (χ3v) is 6.86. The maximum atomic E-state index is 13.6. The first-order valence-corrected chi connectivity index (χ1v) is 13.8. The molecule has 12 nitrogen and oxygen atoms in total. The minimum absolute atomic E-state index is 0.0329. The summed E-state index contributed by atoms with van der Waals surface area (Å²) in [6, 6.07) is 7.33. The van der Waals surface area contributed by atoms with E-state index in [1.165, 1.54) is 6.92 Å². The number of carbonyl (C=O) groups excluding carboxylic acids is 4. The van der Waals surface area contributed by atoms with Gasteiger partial charge < -0.3 is 30.8 Å². The van der Waals surface area contributed by atoms with Crippen molar-refractivity contribution in [1.82, 2.24) is 31.2 Å². The van der Waals surface area contributed by atoms with E-state index in [1.807, 2.05) is 18.2 Å². The number of halogens is 3. The number of benzene rings is 1. The van der Waals surface area contributed by atoms with Crippen LogP contribution in [-0.2, 0) is 22.2 Å². The second-order valence-electron chi connectivity index (χ2n) is 10.3. The Labute approximate surface area is 249 Å². The molecule has 2 aromatic heterocycles. The van der Waals surface area contributed by atoms with Crippen molar-refractivity contribution < 1.29 is 41.9 Å². The van der Waals surface area contributed by atoms with Crippen molar-refractivity contribution in [2.24, 2.45) is 0 Å². The van der Waals surface area contributed by atoms with Crippen LogP contribution in [-0.4, -0.2) is 63.4 Å². The van der Waals surface area contributed by atoms with Gasteiger partial charge >= 0.3 is 6.18 Å². The van der Waals surface area contributed by atoms with E-state index in [2.05, 4.69) is 31.2 Å². The van der Waals surface area contributed by atoms with Crippen molar-refractivity contribution in [1.29, 1.82) is 0 Å². The molecule has 3 aromatic rings. The van der Waals surface area contributed by atoms with Crippen LogP contribution < -0.4 is 21.3 Å². The fraction of sp³-hybridized carbons (Fsp3) is 0.379. The zero-order valence-corrected chi connectivity index (χ0v) is 23.6. The minimum Gasteiger partial charge on any atom is -0.446 e. The molecule has 4 amide bonds. The summed E-state index contributed by atoms with van der Waals surface area (Å²) in [6.45, 7) is 1.48. The number of aromatic nitrogens is 2. The highest BCUT2D eigenvalue weighted by molar-refractivity contribution is 5.97. The Bertz CT molecular complexity index is 1460. The van der Waals surface area contributed by atoms with E-state index in [1.54, 1.807) is 12.1 Å². The van der Waals surface area contributed by atoms with Gasteiger partial charge in [0.2, 0.25) is 17.7 Å². The van der Waals surface area contributed by atoms with Gasteiger partial charge in [-0.25, -0.2) is 4.98 Å². The zero-order valence-electron chi connectivity index (χ0n) is 23.6. The Morgan fingerprint density at radius 3 is 2.50 bits per heavy atom. The number of hydrogen-bond acceptors (Lipinski definition) is 8. The molecule has 5 N–H and O–H groups in total. The minimum atomic E-state index is -4.68. The van der Waals surface area contributed by atoms with Crippen molar-refractivity contribution in [3.8, 4) is 0 Å². The number of aliphatic hydroxyl groups excluding tert-OH is 1. The smallest absolute Gasteiger partial charge is 0.433 e. The Morgan fingerprint density at radius 1 is 1.09 bits per heavy atom. The van der Waals surface area contributed by atoms with Gasteiger partial charge in [-0.3, -0.25) is 24.2 Å². The molecule has 0 saturated heterocycles. The van der Waals surface area contributed by atoms with Gasteiger partial charge in [-0.1, -0.05) is 30.3 Å². The number of rotatable bonds is 5. The second-order valence-corrected chi connectivity index (χ2v) is 10.3. The maximum absolute atomic E-state index is 13.6. The molecule has 0 radical (unpaired) electrons. The van der Waals surface area contributed by atoms with Crippen molar-refractivity contribution >= 4 is 23.6 Å². The number of fused-ring (bicyclic) bond motifs is 2. The third kappa shape index (κ3) is 8.40. The molecule has 0 fully saturated rings. The summed E-state index contributed by atoms with van der Waals surface area (Å²) in [5.74, 6) is -2.90. The number of aliphatic hydroxyl groups is 1. The normalized spacial score (nSPS) is 21.0. The number of nitrogens with one attached hydrogen (secondary N) is 4. The fourth-order valence-corrected chi connectivity index (χ4v) is 4.50. The summed E-state index contributed by atoms with van der Waals surface area (Å²) in [6.07, 6.45) is -3.09. The van der Waals surface area contributed by atoms with Gasteiger partial charge in [0, 0.05) is 19.2 Å². The van der Waals surface area contributed by atoms with E-state index in [4.69, 9.17) is 4.42 Å². The molecular formula is C29H31F3N6O6. The summed E-state index contributed by atoms with van der Waals surface area (Å²) in [4.78, 5) is 59.6.